The van der Waals surface area contributed by atoms with Gasteiger partial charge in [0, 0.05) is 32.4 Å². The monoisotopic (exact) mass is 422 g/mol. The molecular weight excluding hydrogens is 392 g/mol. The molecule has 2 fully saturated rings. The van der Waals surface area contributed by atoms with Gasteiger partial charge in [0.25, 0.3) is 0 Å². The van der Waals surface area contributed by atoms with Gasteiger partial charge < -0.3 is 19.9 Å². The maximum absolute atomic E-state index is 13.1. The Bertz CT molecular complexity index is 861. The van der Waals surface area contributed by atoms with Crippen molar-refractivity contribution in [2.75, 3.05) is 31.1 Å². The minimum atomic E-state index is -0.928. The van der Waals surface area contributed by atoms with Gasteiger partial charge in [0.1, 0.15) is 18.0 Å². The second-order valence-corrected chi connectivity index (χ2v) is 8.30. The third-order valence-corrected chi connectivity index (χ3v) is 6.20. The molecule has 2 aliphatic rings. The van der Waals surface area contributed by atoms with Crippen LogP contribution in [-0.2, 0) is 16.1 Å². The maximum Gasteiger partial charge on any atom is 0.332 e. The molecule has 1 aliphatic carbocycles. The molecule has 31 heavy (non-hydrogen) atoms. The van der Waals surface area contributed by atoms with Gasteiger partial charge in [-0.05, 0) is 30.5 Å². The fourth-order valence-corrected chi connectivity index (χ4v) is 4.36. The molecule has 7 heteroatoms. The number of piperazine rings is 1. The topological polar surface area (TPSA) is 74.8 Å². The number of pyridine rings is 1. The summed E-state index contributed by atoms with van der Waals surface area (Å²) in [6.45, 7) is 2.85. The standard InChI is InChI=1S/C24H30N4O3/c29-22(31-19-20-9-3-1-4-10-20)24(12-6-2-7-13-24)26-23(30)28-17-15-27(16-18-28)21-11-5-8-14-25-21/h1,3-5,8-11,14H,2,6-7,12-13,15-19H2,(H,26,30). The number of carbonyl (C=O) groups is 2. The largest absolute Gasteiger partial charge is 0.459 e. The Morgan fingerprint density at radius 1 is 0.935 bits per heavy atom. The van der Waals surface area contributed by atoms with Gasteiger partial charge in [0.05, 0.1) is 0 Å². The SMILES string of the molecule is O=C(NC1(C(=O)OCc2ccccc2)CCCCC1)N1CCN(c2ccccn2)CC1. The van der Waals surface area contributed by atoms with E-state index in [-0.39, 0.29) is 18.6 Å². The molecule has 0 bridgehead atoms. The van der Waals surface area contributed by atoms with Gasteiger partial charge >= 0.3 is 12.0 Å². The van der Waals surface area contributed by atoms with Crippen LogP contribution < -0.4 is 10.2 Å². The number of urea groups is 1. The van der Waals surface area contributed by atoms with Gasteiger partial charge in [0.2, 0.25) is 0 Å². The molecule has 2 heterocycles. The highest BCUT2D eigenvalue weighted by Crippen LogP contribution is 2.30. The molecule has 2 aromatic rings. The van der Waals surface area contributed by atoms with E-state index in [1.54, 1.807) is 11.1 Å². The van der Waals surface area contributed by atoms with Crippen LogP contribution in [0.4, 0.5) is 10.6 Å². The number of carbonyl (C=O) groups excluding carboxylic acids is 2. The molecule has 0 spiro atoms. The summed E-state index contributed by atoms with van der Waals surface area (Å²) in [5.74, 6) is 0.604. The second-order valence-electron chi connectivity index (χ2n) is 8.30. The highest BCUT2D eigenvalue weighted by atomic mass is 16.5. The summed E-state index contributed by atoms with van der Waals surface area (Å²) in [6, 6.07) is 15.3. The van der Waals surface area contributed by atoms with Crippen molar-refractivity contribution < 1.29 is 14.3 Å². The van der Waals surface area contributed by atoms with Crippen LogP contribution in [0.25, 0.3) is 0 Å². The Kier molecular flexibility index (Phi) is 6.70. The van der Waals surface area contributed by atoms with Gasteiger partial charge in [-0.2, -0.15) is 0 Å². The van der Waals surface area contributed by atoms with Crippen LogP contribution in [0.3, 0.4) is 0 Å². The number of ether oxygens (including phenoxy) is 1. The van der Waals surface area contributed by atoms with Crippen LogP contribution in [0, 0.1) is 0 Å². The van der Waals surface area contributed by atoms with Crippen molar-refractivity contribution in [3.8, 4) is 0 Å². The molecule has 4 rings (SSSR count). The van der Waals surface area contributed by atoms with E-state index < -0.39 is 5.54 Å². The number of hydrogen-bond donors (Lipinski definition) is 1. The molecule has 1 aliphatic heterocycles. The smallest absolute Gasteiger partial charge is 0.332 e. The summed E-state index contributed by atoms with van der Waals surface area (Å²) >= 11 is 0. The van der Waals surface area contributed by atoms with E-state index >= 15 is 0 Å². The lowest BCUT2D eigenvalue weighted by Crippen LogP contribution is -2.61. The van der Waals surface area contributed by atoms with Crippen molar-refractivity contribution in [1.29, 1.82) is 0 Å². The molecule has 1 saturated carbocycles. The summed E-state index contributed by atoms with van der Waals surface area (Å²) in [5, 5.41) is 3.07. The first-order valence-corrected chi connectivity index (χ1v) is 11.1. The van der Waals surface area contributed by atoms with Crippen LogP contribution in [0.2, 0.25) is 0 Å². The lowest BCUT2D eigenvalue weighted by molar-refractivity contribution is -0.154. The van der Waals surface area contributed by atoms with Gasteiger partial charge in [-0.25, -0.2) is 14.6 Å². The average Bonchev–Trinajstić information content (AvgIpc) is 2.84. The number of benzene rings is 1. The molecule has 164 valence electrons. The van der Waals surface area contributed by atoms with Crippen LogP contribution in [0.1, 0.15) is 37.7 Å². The third kappa shape index (κ3) is 5.16. The molecule has 1 aromatic carbocycles. The van der Waals surface area contributed by atoms with Crippen molar-refractivity contribution in [1.82, 2.24) is 15.2 Å². The molecule has 1 saturated heterocycles. The van der Waals surface area contributed by atoms with Gasteiger partial charge in [-0.3, -0.25) is 0 Å². The first-order valence-electron chi connectivity index (χ1n) is 11.1. The van der Waals surface area contributed by atoms with Crippen molar-refractivity contribution in [3.05, 3.63) is 60.3 Å². The molecule has 0 unspecified atom stereocenters. The number of nitrogens with zero attached hydrogens (tertiary/aromatic N) is 3. The first-order chi connectivity index (χ1) is 15.2. The minimum Gasteiger partial charge on any atom is -0.459 e. The van der Waals surface area contributed by atoms with E-state index in [1.165, 1.54) is 0 Å². The van der Waals surface area contributed by atoms with Crippen molar-refractivity contribution in [3.63, 3.8) is 0 Å². The van der Waals surface area contributed by atoms with Gasteiger partial charge in [0.15, 0.2) is 0 Å². The highest BCUT2D eigenvalue weighted by Gasteiger charge is 2.43. The summed E-state index contributed by atoms with van der Waals surface area (Å²) in [5.41, 5.74) is 0.0150. The maximum atomic E-state index is 13.1. The van der Waals surface area contributed by atoms with E-state index in [1.807, 2.05) is 48.5 Å². The van der Waals surface area contributed by atoms with E-state index in [0.717, 1.165) is 43.7 Å². The number of aromatic nitrogens is 1. The van der Waals surface area contributed by atoms with Crippen molar-refractivity contribution >= 4 is 17.8 Å². The van der Waals surface area contributed by atoms with Crippen molar-refractivity contribution in [2.24, 2.45) is 0 Å². The summed E-state index contributed by atoms with van der Waals surface area (Å²) < 4.78 is 5.65. The number of esters is 1. The Morgan fingerprint density at radius 3 is 2.32 bits per heavy atom. The second kappa shape index (κ2) is 9.81. The summed E-state index contributed by atoms with van der Waals surface area (Å²) in [6.07, 6.45) is 5.93. The number of nitrogens with one attached hydrogen (secondary N) is 1. The molecule has 1 N–H and O–H groups in total. The van der Waals surface area contributed by atoms with Gasteiger partial charge in [-0.1, -0.05) is 55.7 Å². The average molecular weight is 423 g/mol. The number of rotatable bonds is 5. The molecule has 0 radical (unpaired) electrons. The lowest BCUT2D eigenvalue weighted by Gasteiger charge is -2.40. The third-order valence-electron chi connectivity index (χ3n) is 6.20. The van der Waals surface area contributed by atoms with E-state index in [4.69, 9.17) is 4.74 Å². The zero-order chi connectivity index (χ0) is 21.5. The van der Waals surface area contributed by atoms with E-state index in [9.17, 15) is 9.59 Å². The Labute approximate surface area is 183 Å². The normalized spacial score (nSPS) is 18.3. The zero-order valence-corrected chi connectivity index (χ0v) is 17.8. The van der Waals surface area contributed by atoms with Gasteiger partial charge in [-0.15, -0.1) is 0 Å². The van der Waals surface area contributed by atoms with E-state index in [2.05, 4.69) is 15.2 Å². The molecule has 1 aromatic heterocycles. The summed E-state index contributed by atoms with van der Waals surface area (Å²) in [7, 11) is 0. The zero-order valence-electron chi connectivity index (χ0n) is 17.8. The van der Waals surface area contributed by atoms with E-state index in [0.29, 0.717) is 25.9 Å². The predicted molar refractivity (Wildman–Crippen MR) is 119 cm³/mol. The predicted octanol–water partition coefficient (Wildman–Crippen LogP) is 3.36. The minimum absolute atomic E-state index is 0.181. The van der Waals surface area contributed by atoms with Crippen molar-refractivity contribution in [2.45, 2.75) is 44.2 Å². The molecule has 7 nitrogen and oxygen atoms in total. The molecular formula is C24H30N4O3. The Hall–Kier alpha value is -3.09. The lowest BCUT2D eigenvalue weighted by atomic mass is 9.81. The number of anilines is 1. The summed E-state index contributed by atoms with van der Waals surface area (Å²) in [4.78, 5) is 34.5. The Morgan fingerprint density at radius 2 is 1.65 bits per heavy atom. The van der Waals surface area contributed by atoms with Crippen LogP contribution in [0.5, 0.6) is 0 Å². The number of amides is 2. The Balaban J connectivity index is 1.36. The fraction of sp³-hybridized carbons (Fsp3) is 0.458. The van der Waals surface area contributed by atoms with Crippen LogP contribution in [0.15, 0.2) is 54.7 Å². The van der Waals surface area contributed by atoms with Crippen LogP contribution >= 0.6 is 0 Å². The quantitative estimate of drug-likeness (QED) is 0.748. The van der Waals surface area contributed by atoms with Crippen LogP contribution in [-0.4, -0.2) is 53.6 Å². The fourth-order valence-electron chi connectivity index (χ4n) is 4.36. The number of hydrogen-bond acceptors (Lipinski definition) is 5. The molecule has 2 amide bonds. The highest BCUT2D eigenvalue weighted by molar-refractivity contribution is 5.87. The molecule has 0 atom stereocenters. The first kappa shape index (κ1) is 21.2.